The van der Waals surface area contributed by atoms with Gasteiger partial charge < -0.3 is 10.5 Å². The molecule has 2 N–H and O–H groups in total. The molecule has 0 fully saturated rings. The van der Waals surface area contributed by atoms with Gasteiger partial charge in [0, 0.05) is 17.2 Å². The standard InChI is InChI=1S/C13H7Cl4NOS/c14-6-1-2-7(13(18)20)11(3-6)19-12-5-9(16)8(15)4-10(12)17/h1-5H,(H2,18,20). The van der Waals surface area contributed by atoms with E-state index in [0.717, 1.165) is 0 Å². The van der Waals surface area contributed by atoms with E-state index in [4.69, 9.17) is 69.1 Å². The molecule has 104 valence electrons. The van der Waals surface area contributed by atoms with Gasteiger partial charge in [-0.05, 0) is 18.2 Å². The molecule has 0 aliphatic heterocycles. The molecule has 0 heterocycles. The van der Waals surface area contributed by atoms with Crippen molar-refractivity contribution in [1.29, 1.82) is 0 Å². The van der Waals surface area contributed by atoms with Gasteiger partial charge in [0.1, 0.15) is 16.5 Å². The lowest BCUT2D eigenvalue weighted by Gasteiger charge is -2.12. The SMILES string of the molecule is NC(=S)c1ccc(Cl)cc1Oc1cc(Cl)c(Cl)cc1Cl. The highest BCUT2D eigenvalue weighted by atomic mass is 35.5. The third kappa shape index (κ3) is 3.48. The first-order chi connectivity index (χ1) is 9.38. The van der Waals surface area contributed by atoms with Gasteiger partial charge in [-0.1, -0.05) is 58.6 Å². The molecule has 0 radical (unpaired) electrons. The van der Waals surface area contributed by atoms with Crippen molar-refractivity contribution >= 4 is 63.6 Å². The minimum absolute atomic E-state index is 0.188. The van der Waals surface area contributed by atoms with Crippen LogP contribution in [0.2, 0.25) is 20.1 Å². The van der Waals surface area contributed by atoms with E-state index in [0.29, 0.717) is 37.2 Å². The van der Waals surface area contributed by atoms with Gasteiger partial charge in [-0.25, -0.2) is 0 Å². The number of rotatable bonds is 3. The van der Waals surface area contributed by atoms with E-state index < -0.39 is 0 Å². The molecule has 0 aliphatic carbocycles. The van der Waals surface area contributed by atoms with Gasteiger partial charge in [-0.15, -0.1) is 0 Å². The maximum absolute atomic E-state index is 6.06. The maximum Gasteiger partial charge on any atom is 0.147 e. The fourth-order valence-electron chi connectivity index (χ4n) is 1.49. The van der Waals surface area contributed by atoms with Gasteiger partial charge in [0.2, 0.25) is 0 Å². The lowest BCUT2D eigenvalue weighted by atomic mass is 10.2. The van der Waals surface area contributed by atoms with Crippen LogP contribution in [0.25, 0.3) is 0 Å². The van der Waals surface area contributed by atoms with Crippen LogP contribution in [0, 0.1) is 0 Å². The van der Waals surface area contributed by atoms with Crippen LogP contribution in [0.5, 0.6) is 11.5 Å². The third-order valence-electron chi connectivity index (χ3n) is 2.40. The summed E-state index contributed by atoms with van der Waals surface area (Å²) in [5, 5.41) is 1.46. The number of nitrogens with two attached hydrogens (primary N) is 1. The highest BCUT2D eigenvalue weighted by Crippen LogP contribution is 2.37. The Balaban J connectivity index is 2.47. The molecule has 2 nitrogen and oxygen atoms in total. The van der Waals surface area contributed by atoms with Gasteiger partial charge in [0.25, 0.3) is 0 Å². The maximum atomic E-state index is 6.06. The van der Waals surface area contributed by atoms with Crippen LogP contribution in [0.15, 0.2) is 30.3 Å². The van der Waals surface area contributed by atoms with Crippen molar-refractivity contribution in [3.63, 3.8) is 0 Å². The van der Waals surface area contributed by atoms with E-state index in [1.807, 2.05) is 0 Å². The van der Waals surface area contributed by atoms with Crippen molar-refractivity contribution < 1.29 is 4.74 Å². The van der Waals surface area contributed by atoms with E-state index >= 15 is 0 Å². The summed E-state index contributed by atoms with van der Waals surface area (Å²) >= 11 is 28.8. The average molecular weight is 367 g/mol. The normalized spacial score (nSPS) is 10.4. The van der Waals surface area contributed by atoms with Crippen molar-refractivity contribution in [1.82, 2.24) is 0 Å². The third-order valence-corrected chi connectivity index (χ3v) is 3.88. The molecule has 0 saturated carbocycles. The highest BCUT2D eigenvalue weighted by Gasteiger charge is 2.12. The fourth-order valence-corrected chi connectivity index (χ4v) is 2.39. The molecule has 2 rings (SSSR count). The Kier molecular flexibility index (Phi) is 4.99. The highest BCUT2D eigenvalue weighted by molar-refractivity contribution is 7.80. The Morgan fingerprint density at radius 1 is 0.900 bits per heavy atom. The summed E-state index contributed by atoms with van der Waals surface area (Å²) in [6.07, 6.45) is 0. The van der Waals surface area contributed by atoms with Crippen LogP contribution in [0.3, 0.4) is 0 Å². The number of ether oxygens (including phenoxy) is 1. The summed E-state index contributed by atoms with van der Waals surface area (Å²) in [5.41, 5.74) is 6.19. The minimum atomic E-state index is 0.188. The van der Waals surface area contributed by atoms with E-state index in [9.17, 15) is 0 Å². The summed E-state index contributed by atoms with van der Waals surface area (Å²) in [6, 6.07) is 7.93. The van der Waals surface area contributed by atoms with Crippen LogP contribution >= 0.6 is 58.6 Å². The van der Waals surface area contributed by atoms with Crippen LogP contribution in [0.4, 0.5) is 0 Å². The predicted molar refractivity (Wildman–Crippen MR) is 88.9 cm³/mol. The molecule has 20 heavy (non-hydrogen) atoms. The first-order valence-electron chi connectivity index (χ1n) is 5.30. The molecule has 0 saturated heterocycles. The first-order valence-corrected chi connectivity index (χ1v) is 7.22. The molecule has 0 atom stereocenters. The van der Waals surface area contributed by atoms with Crippen molar-refractivity contribution in [3.8, 4) is 11.5 Å². The summed E-state index contributed by atoms with van der Waals surface area (Å²) in [5.74, 6) is 0.728. The molecular weight excluding hydrogens is 360 g/mol. The van der Waals surface area contributed by atoms with E-state index in [1.165, 1.54) is 12.1 Å². The van der Waals surface area contributed by atoms with Crippen molar-refractivity contribution in [3.05, 3.63) is 56.0 Å². The van der Waals surface area contributed by atoms with Crippen molar-refractivity contribution in [2.45, 2.75) is 0 Å². The monoisotopic (exact) mass is 365 g/mol. The van der Waals surface area contributed by atoms with Gasteiger partial charge in [0.15, 0.2) is 0 Å². The van der Waals surface area contributed by atoms with Gasteiger partial charge >= 0.3 is 0 Å². The fraction of sp³-hybridized carbons (Fsp3) is 0. The zero-order chi connectivity index (χ0) is 14.9. The molecule has 7 heteroatoms. The molecule has 0 amide bonds. The topological polar surface area (TPSA) is 35.2 Å². The second kappa shape index (κ2) is 6.37. The van der Waals surface area contributed by atoms with Crippen LogP contribution in [-0.2, 0) is 0 Å². The Morgan fingerprint density at radius 3 is 2.20 bits per heavy atom. The lowest BCUT2D eigenvalue weighted by molar-refractivity contribution is 0.482. The molecule has 2 aromatic carbocycles. The molecular formula is C13H7Cl4NOS. The zero-order valence-corrected chi connectivity index (χ0v) is 13.6. The summed E-state index contributed by atoms with van der Waals surface area (Å²) in [6.45, 7) is 0. The zero-order valence-electron chi connectivity index (χ0n) is 9.79. The number of thiocarbonyl (C=S) groups is 1. The largest absolute Gasteiger partial charge is 0.455 e. The molecule has 0 unspecified atom stereocenters. The first kappa shape index (κ1) is 15.7. The number of hydrogen-bond donors (Lipinski definition) is 1. The Bertz CT molecular complexity index is 690. The van der Waals surface area contributed by atoms with E-state index in [2.05, 4.69) is 0 Å². The van der Waals surface area contributed by atoms with Gasteiger partial charge in [0.05, 0.1) is 20.6 Å². The van der Waals surface area contributed by atoms with E-state index in [-0.39, 0.29) is 4.99 Å². The van der Waals surface area contributed by atoms with Crippen molar-refractivity contribution in [2.75, 3.05) is 0 Å². The van der Waals surface area contributed by atoms with Crippen LogP contribution in [0.1, 0.15) is 5.56 Å². The lowest BCUT2D eigenvalue weighted by Crippen LogP contribution is -2.10. The van der Waals surface area contributed by atoms with Gasteiger partial charge in [-0.2, -0.15) is 0 Å². The number of halogens is 4. The molecule has 0 bridgehead atoms. The van der Waals surface area contributed by atoms with E-state index in [1.54, 1.807) is 18.2 Å². The quantitative estimate of drug-likeness (QED) is 0.556. The molecule has 0 spiro atoms. The Labute approximate surface area is 141 Å². The van der Waals surface area contributed by atoms with Gasteiger partial charge in [-0.3, -0.25) is 0 Å². The van der Waals surface area contributed by atoms with Crippen LogP contribution in [-0.4, -0.2) is 4.99 Å². The predicted octanol–water partition coefficient (Wildman–Crippen LogP) is 5.73. The molecule has 0 aromatic heterocycles. The average Bonchev–Trinajstić information content (AvgIpc) is 2.35. The summed E-state index contributed by atoms with van der Waals surface area (Å²) in [4.78, 5) is 0.188. The van der Waals surface area contributed by atoms with Crippen LogP contribution < -0.4 is 10.5 Å². The number of benzene rings is 2. The Hall–Kier alpha value is -0.710. The minimum Gasteiger partial charge on any atom is -0.455 e. The van der Waals surface area contributed by atoms with Crippen molar-refractivity contribution in [2.24, 2.45) is 5.73 Å². The smallest absolute Gasteiger partial charge is 0.147 e. The second-order valence-corrected chi connectivity index (χ2v) is 5.90. The summed E-state index contributed by atoms with van der Waals surface area (Å²) in [7, 11) is 0. The second-order valence-electron chi connectivity index (χ2n) is 3.80. The molecule has 0 aliphatic rings. The number of hydrogen-bond acceptors (Lipinski definition) is 2. The Morgan fingerprint density at radius 2 is 1.55 bits per heavy atom. The molecule has 2 aromatic rings. The summed E-state index contributed by atoms with van der Waals surface area (Å²) < 4.78 is 5.69.